The van der Waals surface area contributed by atoms with Gasteiger partial charge in [0.1, 0.15) is 18.2 Å². The van der Waals surface area contributed by atoms with E-state index in [0.29, 0.717) is 41.2 Å². The molecule has 3 rings (SSSR count). The number of anilines is 1. The quantitative estimate of drug-likeness (QED) is 0.863. The number of nitrogens with one attached hydrogen (secondary N) is 1. The smallest absolute Gasteiger partial charge is 0.257 e. The molecule has 0 saturated heterocycles. The molecule has 8 heteroatoms. The zero-order valence-electron chi connectivity index (χ0n) is 13.6. The van der Waals surface area contributed by atoms with Gasteiger partial charge in [0.05, 0.1) is 7.11 Å². The maximum absolute atomic E-state index is 12.5. The molecule has 0 saturated carbocycles. The van der Waals surface area contributed by atoms with Gasteiger partial charge < -0.3 is 14.2 Å². The van der Waals surface area contributed by atoms with Crippen LogP contribution in [0.4, 0.5) is 5.13 Å². The molecule has 0 radical (unpaired) electrons. The Hall–Kier alpha value is -2.35. The summed E-state index contributed by atoms with van der Waals surface area (Å²) in [6.45, 7) is 3.03. The second kappa shape index (κ2) is 7.48. The molecule has 0 bridgehead atoms. The molecule has 0 aliphatic carbocycles. The Morgan fingerprint density at radius 2 is 2.17 bits per heavy atom. The molecule has 0 unspecified atom stereocenters. The largest absolute Gasteiger partial charge is 0.493 e. The second-order valence-corrected chi connectivity index (χ2v) is 6.32. The number of unbranched alkanes of at least 4 members (excludes halogenated alkanes) is 1. The highest BCUT2D eigenvalue weighted by atomic mass is 32.1. The predicted octanol–water partition coefficient (Wildman–Crippen LogP) is 2.91. The van der Waals surface area contributed by atoms with Crippen LogP contribution in [0.5, 0.6) is 17.2 Å². The van der Waals surface area contributed by atoms with E-state index in [1.165, 1.54) is 18.4 Å². The van der Waals surface area contributed by atoms with Crippen LogP contribution in [0.2, 0.25) is 0 Å². The normalized spacial score (nSPS) is 12.8. The minimum absolute atomic E-state index is 0.288. The number of methoxy groups -OCH3 is 1. The summed E-state index contributed by atoms with van der Waals surface area (Å²) in [5.74, 6) is 1.21. The standard InChI is InChI=1S/C16H19N3O4S/c1-3-4-5-13-18-19-16(24-13)17-15(20)10-8-11(21-2)14-12(9-10)22-6-7-23-14/h8-9H,3-7H2,1-2H3,(H,17,19,20). The van der Waals surface area contributed by atoms with Gasteiger partial charge in [-0.25, -0.2) is 0 Å². The molecule has 2 aromatic rings. The number of hydrogen-bond donors (Lipinski definition) is 1. The number of hydrogen-bond acceptors (Lipinski definition) is 7. The third-order valence-corrected chi connectivity index (χ3v) is 4.42. The lowest BCUT2D eigenvalue weighted by molar-refractivity contribution is 0.102. The van der Waals surface area contributed by atoms with Crippen LogP contribution < -0.4 is 19.5 Å². The number of amides is 1. The summed E-state index contributed by atoms with van der Waals surface area (Å²) in [5, 5.41) is 12.3. The molecule has 1 aromatic heterocycles. The topological polar surface area (TPSA) is 82.6 Å². The van der Waals surface area contributed by atoms with E-state index < -0.39 is 0 Å². The van der Waals surface area contributed by atoms with Gasteiger partial charge in [0.2, 0.25) is 10.9 Å². The first kappa shape index (κ1) is 16.5. The first-order chi connectivity index (χ1) is 11.7. The Bertz CT molecular complexity index is 715. The molecule has 7 nitrogen and oxygen atoms in total. The predicted molar refractivity (Wildman–Crippen MR) is 90.5 cm³/mol. The summed E-state index contributed by atoms with van der Waals surface area (Å²) < 4.78 is 16.4. The fourth-order valence-electron chi connectivity index (χ4n) is 2.31. The number of carbonyl (C=O) groups is 1. The summed E-state index contributed by atoms with van der Waals surface area (Å²) in [4.78, 5) is 12.5. The molecule has 24 heavy (non-hydrogen) atoms. The Morgan fingerprint density at radius 1 is 1.33 bits per heavy atom. The Morgan fingerprint density at radius 3 is 2.96 bits per heavy atom. The molecule has 0 atom stereocenters. The maximum atomic E-state index is 12.5. The van der Waals surface area contributed by atoms with Crippen LogP contribution in [0.3, 0.4) is 0 Å². The number of fused-ring (bicyclic) bond motifs is 1. The summed E-state index contributed by atoms with van der Waals surface area (Å²) in [6.07, 6.45) is 3.03. The SMILES string of the molecule is CCCCc1nnc(NC(=O)c2cc(OC)c3c(c2)OCCO3)s1. The molecule has 0 spiro atoms. The zero-order valence-corrected chi connectivity index (χ0v) is 14.4. The van der Waals surface area contributed by atoms with Crippen molar-refractivity contribution in [3.63, 3.8) is 0 Å². The number of rotatable bonds is 6. The average Bonchev–Trinajstić information content (AvgIpc) is 3.06. The van der Waals surface area contributed by atoms with E-state index in [1.807, 2.05) is 0 Å². The Kier molecular flexibility index (Phi) is 5.14. The summed E-state index contributed by atoms with van der Waals surface area (Å²) in [7, 11) is 1.53. The summed E-state index contributed by atoms with van der Waals surface area (Å²) >= 11 is 1.39. The van der Waals surface area contributed by atoms with Crippen molar-refractivity contribution in [1.82, 2.24) is 10.2 Å². The highest BCUT2D eigenvalue weighted by molar-refractivity contribution is 7.15. The van der Waals surface area contributed by atoms with Gasteiger partial charge in [-0.2, -0.15) is 0 Å². The summed E-state index contributed by atoms with van der Waals surface area (Å²) in [5.41, 5.74) is 0.418. The lowest BCUT2D eigenvalue weighted by Crippen LogP contribution is -2.18. The van der Waals surface area contributed by atoms with Crippen molar-refractivity contribution >= 4 is 22.4 Å². The molecule has 1 aliphatic heterocycles. The molecule has 1 aliphatic rings. The molecule has 2 heterocycles. The lowest BCUT2D eigenvalue weighted by Gasteiger charge is -2.21. The number of aryl methyl sites for hydroxylation is 1. The molecule has 1 N–H and O–H groups in total. The monoisotopic (exact) mass is 349 g/mol. The van der Waals surface area contributed by atoms with Crippen molar-refractivity contribution in [3.8, 4) is 17.2 Å². The van der Waals surface area contributed by atoms with Gasteiger partial charge in [-0.15, -0.1) is 10.2 Å². The van der Waals surface area contributed by atoms with E-state index in [2.05, 4.69) is 22.4 Å². The highest BCUT2D eigenvalue weighted by Crippen LogP contribution is 2.40. The number of nitrogens with zero attached hydrogens (tertiary/aromatic N) is 2. The molecule has 128 valence electrons. The second-order valence-electron chi connectivity index (χ2n) is 5.26. The van der Waals surface area contributed by atoms with Gasteiger partial charge in [-0.1, -0.05) is 24.7 Å². The van der Waals surface area contributed by atoms with Crippen molar-refractivity contribution in [3.05, 3.63) is 22.7 Å². The van der Waals surface area contributed by atoms with Crippen molar-refractivity contribution in [2.45, 2.75) is 26.2 Å². The van der Waals surface area contributed by atoms with Gasteiger partial charge in [0, 0.05) is 12.0 Å². The third kappa shape index (κ3) is 3.59. The Labute approximate surface area is 144 Å². The van der Waals surface area contributed by atoms with E-state index in [1.54, 1.807) is 12.1 Å². The summed E-state index contributed by atoms with van der Waals surface area (Å²) in [6, 6.07) is 3.27. The number of benzene rings is 1. The number of aromatic nitrogens is 2. The molecular weight excluding hydrogens is 330 g/mol. The van der Waals surface area contributed by atoms with E-state index in [4.69, 9.17) is 14.2 Å². The van der Waals surface area contributed by atoms with E-state index in [-0.39, 0.29) is 5.91 Å². The van der Waals surface area contributed by atoms with Gasteiger partial charge >= 0.3 is 0 Å². The van der Waals surface area contributed by atoms with E-state index in [0.717, 1.165) is 24.3 Å². The van der Waals surface area contributed by atoms with Crippen LogP contribution in [0.25, 0.3) is 0 Å². The number of carbonyl (C=O) groups excluding carboxylic acids is 1. The van der Waals surface area contributed by atoms with Crippen LogP contribution in [0.15, 0.2) is 12.1 Å². The molecule has 0 fully saturated rings. The van der Waals surface area contributed by atoms with Gasteiger partial charge in [-0.05, 0) is 18.6 Å². The van der Waals surface area contributed by atoms with Crippen molar-refractivity contribution in [2.24, 2.45) is 0 Å². The highest BCUT2D eigenvalue weighted by Gasteiger charge is 2.21. The molecular formula is C16H19N3O4S. The first-order valence-corrected chi connectivity index (χ1v) is 8.64. The Balaban J connectivity index is 1.76. The van der Waals surface area contributed by atoms with Crippen LogP contribution in [0.1, 0.15) is 35.1 Å². The van der Waals surface area contributed by atoms with Crippen molar-refractivity contribution < 1.29 is 19.0 Å². The van der Waals surface area contributed by atoms with Crippen LogP contribution in [0, 0.1) is 0 Å². The van der Waals surface area contributed by atoms with Crippen molar-refractivity contribution in [2.75, 3.05) is 25.6 Å². The lowest BCUT2D eigenvalue weighted by atomic mass is 10.1. The van der Waals surface area contributed by atoms with Crippen LogP contribution in [-0.2, 0) is 6.42 Å². The van der Waals surface area contributed by atoms with Gasteiger partial charge in [0.15, 0.2) is 11.5 Å². The first-order valence-electron chi connectivity index (χ1n) is 7.82. The molecule has 1 aromatic carbocycles. The minimum atomic E-state index is -0.288. The number of ether oxygens (including phenoxy) is 3. The average molecular weight is 349 g/mol. The maximum Gasteiger partial charge on any atom is 0.257 e. The fraction of sp³-hybridized carbons (Fsp3) is 0.438. The van der Waals surface area contributed by atoms with Crippen LogP contribution >= 0.6 is 11.3 Å². The van der Waals surface area contributed by atoms with Crippen molar-refractivity contribution in [1.29, 1.82) is 0 Å². The van der Waals surface area contributed by atoms with Gasteiger partial charge in [-0.3, -0.25) is 10.1 Å². The minimum Gasteiger partial charge on any atom is -0.493 e. The van der Waals surface area contributed by atoms with E-state index in [9.17, 15) is 4.79 Å². The van der Waals surface area contributed by atoms with Gasteiger partial charge in [0.25, 0.3) is 5.91 Å². The van der Waals surface area contributed by atoms with E-state index >= 15 is 0 Å². The van der Waals surface area contributed by atoms with Crippen LogP contribution in [-0.4, -0.2) is 36.4 Å². The zero-order chi connectivity index (χ0) is 16.9. The fourth-order valence-corrected chi connectivity index (χ4v) is 3.08. The molecule has 1 amide bonds. The third-order valence-electron chi connectivity index (χ3n) is 3.52.